The molecule has 0 spiro atoms. The van der Waals surface area contributed by atoms with Crippen LogP contribution < -0.4 is 5.73 Å². The fraction of sp³-hybridized carbons (Fsp3) is 0.375. The van der Waals surface area contributed by atoms with Crippen molar-refractivity contribution in [1.29, 1.82) is 0 Å². The van der Waals surface area contributed by atoms with Gasteiger partial charge in [0.2, 0.25) is 0 Å². The van der Waals surface area contributed by atoms with Crippen LogP contribution in [-0.2, 0) is 9.53 Å². The van der Waals surface area contributed by atoms with Crippen LogP contribution >= 0.6 is 0 Å². The zero-order valence-corrected chi connectivity index (χ0v) is 7.98. The second-order valence-electron chi connectivity index (χ2n) is 2.32. The average Bonchev–Trinajstić information content (AvgIpc) is 2.03. The van der Waals surface area contributed by atoms with Crippen molar-refractivity contribution in [3.63, 3.8) is 0 Å². The van der Waals surface area contributed by atoms with Crippen LogP contribution in [0.5, 0.6) is 0 Å². The Balaban J connectivity index is 4.73. The summed E-state index contributed by atoms with van der Waals surface area (Å²) in [5.41, 5.74) is 4.53. The number of nitrogens with zero attached hydrogens (tertiary/aromatic N) is 1. The maximum atomic E-state index is 11.1. The lowest BCUT2D eigenvalue weighted by atomic mass is 10.2. The smallest absolute Gasteiger partial charge is 0.343 e. The Labute approximate surface area is 81.1 Å². The summed E-state index contributed by atoms with van der Waals surface area (Å²) in [5.74, 6) is -1.04. The molecule has 0 fully saturated rings. The molecule has 3 N–H and O–H groups in total. The summed E-state index contributed by atoms with van der Waals surface area (Å²) in [4.78, 5) is 24.5. The van der Waals surface area contributed by atoms with E-state index in [0.29, 0.717) is 0 Å². The van der Waals surface area contributed by atoms with Crippen molar-refractivity contribution in [1.82, 2.24) is 0 Å². The summed E-state index contributed by atoms with van der Waals surface area (Å²) in [7, 11) is 0. The van der Waals surface area contributed by atoms with Gasteiger partial charge in [-0.05, 0) is 13.8 Å². The number of urea groups is 1. The molecule has 0 aromatic carbocycles. The van der Waals surface area contributed by atoms with Gasteiger partial charge in [0.15, 0.2) is 0 Å². The van der Waals surface area contributed by atoms with E-state index in [4.69, 9.17) is 10.8 Å². The number of aliphatic hydroxyl groups is 1. The molecule has 0 atom stereocenters. The topological polar surface area (TPSA) is 102 Å². The Hall–Kier alpha value is -1.85. The van der Waals surface area contributed by atoms with E-state index in [0.717, 1.165) is 6.21 Å². The van der Waals surface area contributed by atoms with Crippen LogP contribution in [0.3, 0.4) is 0 Å². The molecule has 0 aromatic rings. The van der Waals surface area contributed by atoms with Crippen molar-refractivity contribution in [3.8, 4) is 0 Å². The minimum Gasteiger partial charge on any atom is -0.512 e. The number of hydrogen-bond donors (Lipinski definition) is 2. The molecular formula is C8H12N2O4. The predicted octanol–water partition coefficient (Wildman–Crippen LogP) is 0.531. The summed E-state index contributed by atoms with van der Waals surface area (Å²) in [6.07, 6.45) is 0.871. The third kappa shape index (κ3) is 4.24. The van der Waals surface area contributed by atoms with E-state index >= 15 is 0 Å². The molecule has 0 radical (unpaired) electrons. The highest BCUT2D eigenvalue weighted by molar-refractivity contribution is 6.11. The van der Waals surface area contributed by atoms with Crippen LogP contribution in [0, 0.1) is 0 Å². The van der Waals surface area contributed by atoms with Gasteiger partial charge in [0, 0.05) is 0 Å². The van der Waals surface area contributed by atoms with Crippen molar-refractivity contribution in [3.05, 3.63) is 11.3 Å². The predicted molar refractivity (Wildman–Crippen MR) is 50.0 cm³/mol. The van der Waals surface area contributed by atoms with Gasteiger partial charge < -0.3 is 15.6 Å². The monoisotopic (exact) mass is 200 g/mol. The highest BCUT2D eigenvalue weighted by Gasteiger charge is 2.11. The second kappa shape index (κ2) is 5.74. The molecule has 6 heteroatoms. The van der Waals surface area contributed by atoms with Gasteiger partial charge in [-0.1, -0.05) is 0 Å². The lowest BCUT2D eigenvalue weighted by molar-refractivity contribution is -0.138. The molecule has 0 unspecified atom stereocenters. The molecule has 0 saturated carbocycles. The Morgan fingerprint density at radius 3 is 2.50 bits per heavy atom. The number of nitrogens with two attached hydrogens (primary N) is 1. The molecule has 0 saturated heterocycles. The van der Waals surface area contributed by atoms with E-state index in [1.54, 1.807) is 6.92 Å². The number of primary amides is 1. The first-order valence-electron chi connectivity index (χ1n) is 3.89. The molecule has 0 aromatic heterocycles. The molecule has 14 heavy (non-hydrogen) atoms. The SMILES string of the molecule is CCOC(=O)C(C=NC(N)=O)=C(C)O. The maximum Gasteiger partial charge on any atom is 0.343 e. The van der Waals surface area contributed by atoms with Crippen LogP contribution in [0.1, 0.15) is 13.8 Å². The standard InChI is InChI=1S/C8H12N2O4/c1-3-14-7(12)6(5(2)11)4-10-8(9)13/h4,11H,3H2,1-2H3,(H2,9,13). The number of aliphatic hydroxyl groups excluding tert-OH is 1. The van der Waals surface area contributed by atoms with Crippen molar-refractivity contribution >= 4 is 18.2 Å². The van der Waals surface area contributed by atoms with Crippen LogP contribution in [0.25, 0.3) is 0 Å². The van der Waals surface area contributed by atoms with Crippen LogP contribution in [0.2, 0.25) is 0 Å². The Morgan fingerprint density at radius 1 is 1.57 bits per heavy atom. The molecule has 0 bridgehead atoms. The molecule has 6 nitrogen and oxygen atoms in total. The number of amides is 2. The number of ether oxygens (including phenoxy) is 1. The first-order chi connectivity index (χ1) is 6.49. The largest absolute Gasteiger partial charge is 0.512 e. The Kier molecular flexibility index (Phi) is 4.98. The van der Waals surface area contributed by atoms with Crippen molar-refractivity contribution in [2.24, 2.45) is 10.7 Å². The molecule has 0 heterocycles. The van der Waals surface area contributed by atoms with Gasteiger partial charge in [-0.15, -0.1) is 0 Å². The molecular weight excluding hydrogens is 188 g/mol. The molecule has 0 aliphatic heterocycles. The highest BCUT2D eigenvalue weighted by atomic mass is 16.5. The first-order valence-corrected chi connectivity index (χ1v) is 3.89. The van der Waals surface area contributed by atoms with Crippen LogP contribution in [0.15, 0.2) is 16.3 Å². The molecule has 78 valence electrons. The van der Waals surface area contributed by atoms with Crippen molar-refractivity contribution in [2.75, 3.05) is 6.61 Å². The first kappa shape index (κ1) is 12.2. The summed E-state index contributed by atoms with van der Waals surface area (Å²) in [6.45, 7) is 3.06. The van der Waals surface area contributed by atoms with Gasteiger partial charge in [0.05, 0.1) is 12.8 Å². The average molecular weight is 200 g/mol. The number of esters is 1. The third-order valence-electron chi connectivity index (χ3n) is 1.21. The number of hydrogen-bond acceptors (Lipinski definition) is 4. The van der Waals surface area contributed by atoms with Crippen LogP contribution in [0.4, 0.5) is 4.79 Å². The molecule has 2 amide bonds. The van der Waals surface area contributed by atoms with Gasteiger partial charge in [-0.2, -0.15) is 0 Å². The normalized spacial score (nSPS) is 12.4. The molecule has 0 aliphatic rings. The van der Waals surface area contributed by atoms with E-state index in [9.17, 15) is 9.59 Å². The van der Waals surface area contributed by atoms with Crippen molar-refractivity contribution in [2.45, 2.75) is 13.8 Å². The number of carbonyl (C=O) groups is 2. The fourth-order valence-corrected chi connectivity index (χ4v) is 0.631. The number of carbonyl (C=O) groups excluding carboxylic acids is 2. The van der Waals surface area contributed by atoms with Gasteiger partial charge >= 0.3 is 12.0 Å². The van der Waals surface area contributed by atoms with E-state index in [-0.39, 0.29) is 17.9 Å². The molecule has 0 rings (SSSR count). The fourth-order valence-electron chi connectivity index (χ4n) is 0.631. The Bertz CT molecular complexity index is 290. The Morgan fingerprint density at radius 2 is 2.14 bits per heavy atom. The van der Waals surface area contributed by atoms with Gasteiger partial charge in [0.1, 0.15) is 11.3 Å². The summed E-state index contributed by atoms with van der Waals surface area (Å²) < 4.78 is 4.60. The van der Waals surface area contributed by atoms with E-state index in [2.05, 4.69) is 9.73 Å². The zero-order valence-electron chi connectivity index (χ0n) is 7.98. The number of allylic oxidation sites excluding steroid dienone is 1. The zero-order chi connectivity index (χ0) is 11.1. The van der Waals surface area contributed by atoms with Crippen molar-refractivity contribution < 1.29 is 19.4 Å². The molecule has 0 aliphatic carbocycles. The summed E-state index contributed by atoms with van der Waals surface area (Å²) >= 11 is 0. The lowest BCUT2D eigenvalue weighted by Crippen LogP contribution is -2.12. The third-order valence-corrected chi connectivity index (χ3v) is 1.21. The highest BCUT2D eigenvalue weighted by Crippen LogP contribution is 2.01. The number of rotatable bonds is 3. The minimum absolute atomic E-state index is 0.167. The van der Waals surface area contributed by atoms with E-state index in [1.165, 1.54) is 6.92 Å². The van der Waals surface area contributed by atoms with Gasteiger partial charge in [0.25, 0.3) is 0 Å². The summed E-state index contributed by atoms with van der Waals surface area (Å²) in [5, 5.41) is 9.06. The quantitative estimate of drug-likeness (QED) is 0.300. The van der Waals surface area contributed by atoms with E-state index in [1.807, 2.05) is 0 Å². The number of aliphatic imine (C=N–C) groups is 1. The summed E-state index contributed by atoms with van der Waals surface area (Å²) in [6, 6.07) is -0.951. The van der Waals surface area contributed by atoms with Gasteiger partial charge in [-0.25, -0.2) is 14.6 Å². The van der Waals surface area contributed by atoms with Gasteiger partial charge in [-0.3, -0.25) is 0 Å². The minimum atomic E-state index is -0.951. The van der Waals surface area contributed by atoms with Crippen LogP contribution in [-0.4, -0.2) is 29.9 Å². The lowest BCUT2D eigenvalue weighted by Gasteiger charge is -2.02. The van der Waals surface area contributed by atoms with E-state index < -0.39 is 12.0 Å². The second-order valence-corrected chi connectivity index (χ2v) is 2.32. The maximum absolute atomic E-state index is 11.1.